The van der Waals surface area contributed by atoms with Crippen molar-refractivity contribution in [2.45, 2.75) is 45.2 Å². The first kappa shape index (κ1) is 14.5. The molecule has 2 rings (SSSR count). The first-order chi connectivity index (χ1) is 9.20. The van der Waals surface area contributed by atoms with Crippen LogP contribution < -0.4 is 5.32 Å². The van der Waals surface area contributed by atoms with Gasteiger partial charge in [0, 0.05) is 25.2 Å². The molecule has 2 nitrogen and oxygen atoms in total. The van der Waals surface area contributed by atoms with E-state index >= 15 is 0 Å². The van der Waals surface area contributed by atoms with E-state index in [1.54, 1.807) is 6.07 Å². The largest absolute Gasteiger partial charge is 0.313 e. The minimum atomic E-state index is -0.0932. The van der Waals surface area contributed by atoms with Gasteiger partial charge in [-0.1, -0.05) is 25.1 Å². The van der Waals surface area contributed by atoms with Gasteiger partial charge in [-0.05, 0) is 44.4 Å². The van der Waals surface area contributed by atoms with Crippen LogP contribution in [0.4, 0.5) is 4.39 Å². The Bertz CT molecular complexity index is 390. The molecule has 0 spiro atoms. The second kappa shape index (κ2) is 7.01. The molecular weight excluding hydrogens is 239 g/mol. The molecule has 1 aliphatic carbocycles. The minimum absolute atomic E-state index is 0.0932. The zero-order chi connectivity index (χ0) is 13.7. The highest BCUT2D eigenvalue weighted by Gasteiger charge is 2.27. The van der Waals surface area contributed by atoms with Crippen molar-refractivity contribution < 1.29 is 4.39 Å². The van der Waals surface area contributed by atoms with E-state index in [1.165, 1.54) is 18.9 Å². The van der Waals surface area contributed by atoms with Gasteiger partial charge in [-0.2, -0.15) is 0 Å². The third kappa shape index (κ3) is 4.59. The van der Waals surface area contributed by atoms with E-state index in [0.717, 1.165) is 37.7 Å². The van der Waals surface area contributed by atoms with Gasteiger partial charge < -0.3 is 5.32 Å². The fourth-order valence-corrected chi connectivity index (χ4v) is 2.56. The van der Waals surface area contributed by atoms with Gasteiger partial charge in [-0.15, -0.1) is 0 Å². The number of rotatable bonds is 8. The van der Waals surface area contributed by atoms with Crippen molar-refractivity contribution in [1.29, 1.82) is 0 Å². The van der Waals surface area contributed by atoms with E-state index in [0.29, 0.717) is 6.04 Å². The predicted octanol–water partition coefficient (Wildman–Crippen LogP) is 2.83. The molecule has 0 aromatic heterocycles. The fraction of sp³-hybridized carbons (Fsp3) is 0.625. The van der Waals surface area contributed by atoms with Gasteiger partial charge in [0.2, 0.25) is 0 Å². The van der Waals surface area contributed by atoms with Crippen LogP contribution in [0.25, 0.3) is 0 Å². The van der Waals surface area contributed by atoms with Crippen molar-refractivity contribution in [1.82, 2.24) is 10.2 Å². The zero-order valence-corrected chi connectivity index (χ0v) is 12.0. The summed E-state index contributed by atoms with van der Waals surface area (Å²) in [5, 5.41) is 3.50. The molecule has 1 fully saturated rings. The van der Waals surface area contributed by atoms with Crippen LogP contribution in [0.5, 0.6) is 0 Å². The van der Waals surface area contributed by atoms with Gasteiger partial charge in [0.25, 0.3) is 0 Å². The van der Waals surface area contributed by atoms with E-state index in [9.17, 15) is 4.39 Å². The van der Waals surface area contributed by atoms with E-state index in [4.69, 9.17) is 0 Å². The number of benzene rings is 1. The van der Waals surface area contributed by atoms with E-state index in [1.807, 2.05) is 12.1 Å². The third-order valence-corrected chi connectivity index (χ3v) is 3.85. The minimum Gasteiger partial charge on any atom is -0.313 e. The molecule has 1 aromatic rings. The number of halogens is 1. The highest BCUT2D eigenvalue weighted by atomic mass is 19.1. The Morgan fingerprint density at radius 3 is 2.74 bits per heavy atom. The predicted molar refractivity (Wildman–Crippen MR) is 77.8 cm³/mol. The maximum absolute atomic E-state index is 13.5. The van der Waals surface area contributed by atoms with E-state index in [-0.39, 0.29) is 5.82 Å². The van der Waals surface area contributed by atoms with Gasteiger partial charge in [0.1, 0.15) is 5.82 Å². The van der Waals surface area contributed by atoms with Crippen LogP contribution in [0.3, 0.4) is 0 Å². The lowest BCUT2D eigenvalue weighted by Gasteiger charge is -2.21. The molecule has 1 unspecified atom stereocenters. The maximum Gasteiger partial charge on any atom is 0.126 e. The molecule has 106 valence electrons. The molecule has 19 heavy (non-hydrogen) atoms. The van der Waals surface area contributed by atoms with Crippen molar-refractivity contribution in [3.05, 3.63) is 35.6 Å². The maximum atomic E-state index is 13.5. The van der Waals surface area contributed by atoms with Crippen LogP contribution in [0.15, 0.2) is 24.3 Å². The number of nitrogens with one attached hydrogen (secondary N) is 1. The van der Waals surface area contributed by atoms with Gasteiger partial charge in [-0.3, -0.25) is 4.90 Å². The molecule has 0 amide bonds. The molecule has 0 bridgehead atoms. The van der Waals surface area contributed by atoms with Gasteiger partial charge in [0.15, 0.2) is 0 Å². The van der Waals surface area contributed by atoms with Crippen LogP contribution in [0, 0.1) is 5.82 Å². The Balaban J connectivity index is 1.69. The van der Waals surface area contributed by atoms with Crippen molar-refractivity contribution in [3.8, 4) is 0 Å². The summed E-state index contributed by atoms with van der Waals surface area (Å²) in [6, 6.07) is 8.19. The number of likely N-dealkylation sites (N-methyl/N-ethyl adjacent to an activating group) is 1. The summed E-state index contributed by atoms with van der Waals surface area (Å²) in [5.74, 6) is -0.0932. The van der Waals surface area contributed by atoms with Crippen LogP contribution in [-0.4, -0.2) is 36.6 Å². The SMILES string of the molecule is CCN(CCNC(C)Cc1ccccc1F)C1CC1. The van der Waals surface area contributed by atoms with E-state index in [2.05, 4.69) is 24.1 Å². The fourth-order valence-electron chi connectivity index (χ4n) is 2.56. The Kier molecular flexibility index (Phi) is 5.34. The molecule has 1 atom stereocenters. The molecule has 1 aliphatic rings. The Hall–Kier alpha value is -0.930. The first-order valence-electron chi connectivity index (χ1n) is 7.41. The Labute approximate surface area is 116 Å². The van der Waals surface area contributed by atoms with Crippen molar-refractivity contribution in [2.75, 3.05) is 19.6 Å². The lowest BCUT2D eigenvalue weighted by atomic mass is 10.1. The molecule has 3 heteroatoms. The average Bonchev–Trinajstić information content (AvgIpc) is 3.22. The van der Waals surface area contributed by atoms with Crippen molar-refractivity contribution >= 4 is 0 Å². The zero-order valence-electron chi connectivity index (χ0n) is 12.0. The summed E-state index contributed by atoms with van der Waals surface area (Å²) in [4.78, 5) is 2.53. The van der Waals surface area contributed by atoms with Crippen LogP contribution in [-0.2, 0) is 6.42 Å². The molecule has 1 saturated carbocycles. The third-order valence-electron chi connectivity index (χ3n) is 3.85. The molecule has 1 N–H and O–H groups in total. The Morgan fingerprint density at radius 2 is 2.11 bits per heavy atom. The van der Waals surface area contributed by atoms with Crippen LogP contribution in [0.1, 0.15) is 32.3 Å². The van der Waals surface area contributed by atoms with Gasteiger partial charge in [-0.25, -0.2) is 4.39 Å². The molecular formula is C16H25FN2. The number of hydrogen-bond acceptors (Lipinski definition) is 2. The second-order valence-electron chi connectivity index (χ2n) is 5.51. The smallest absolute Gasteiger partial charge is 0.126 e. The quantitative estimate of drug-likeness (QED) is 0.776. The summed E-state index contributed by atoms with van der Waals surface area (Å²) in [5.41, 5.74) is 0.803. The van der Waals surface area contributed by atoms with Crippen LogP contribution in [0.2, 0.25) is 0 Å². The van der Waals surface area contributed by atoms with Gasteiger partial charge in [0.05, 0.1) is 0 Å². The van der Waals surface area contributed by atoms with Gasteiger partial charge >= 0.3 is 0 Å². The summed E-state index contributed by atoms with van der Waals surface area (Å²) in [6.45, 7) is 7.57. The molecule has 0 radical (unpaired) electrons. The molecule has 1 aromatic carbocycles. The lowest BCUT2D eigenvalue weighted by Crippen LogP contribution is -2.37. The van der Waals surface area contributed by atoms with Crippen LogP contribution >= 0.6 is 0 Å². The molecule has 0 aliphatic heterocycles. The first-order valence-corrected chi connectivity index (χ1v) is 7.41. The second-order valence-corrected chi connectivity index (χ2v) is 5.51. The molecule has 0 saturated heterocycles. The highest BCUT2D eigenvalue weighted by Crippen LogP contribution is 2.25. The van der Waals surface area contributed by atoms with Crippen molar-refractivity contribution in [2.24, 2.45) is 0 Å². The highest BCUT2D eigenvalue weighted by molar-refractivity contribution is 5.18. The number of hydrogen-bond donors (Lipinski definition) is 1. The lowest BCUT2D eigenvalue weighted by molar-refractivity contribution is 0.273. The molecule has 0 heterocycles. The summed E-state index contributed by atoms with van der Waals surface area (Å²) in [6.07, 6.45) is 3.47. The van der Waals surface area contributed by atoms with E-state index < -0.39 is 0 Å². The van der Waals surface area contributed by atoms with Crippen molar-refractivity contribution in [3.63, 3.8) is 0 Å². The standard InChI is InChI=1S/C16H25FN2/c1-3-19(15-8-9-15)11-10-18-13(2)12-14-6-4-5-7-16(14)17/h4-7,13,15,18H,3,8-12H2,1-2H3. The monoisotopic (exact) mass is 264 g/mol. The average molecular weight is 264 g/mol. The topological polar surface area (TPSA) is 15.3 Å². The normalized spacial score (nSPS) is 16.8. The summed E-state index contributed by atoms with van der Waals surface area (Å²) in [7, 11) is 0. The number of nitrogens with zero attached hydrogens (tertiary/aromatic N) is 1. The summed E-state index contributed by atoms with van der Waals surface area (Å²) >= 11 is 0. The summed E-state index contributed by atoms with van der Waals surface area (Å²) < 4.78 is 13.5. The Morgan fingerprint density at radius 1 is 1.37 bits per heavy atom.